The second-order valence-electron chi connectivity index (χ2n) is 4.37. The molecule has 1 aliphatic rings. The highest BCUT2D eigenvalue weighted by Gasteiger charge is 2.31. The van der Waals surface area contributed by atoms with Crippen LogP contribution in [0.15, 0.2) is 24.3 Å². The summed E-state index contributed by atoms with van der Waals surface area (Å²) >= 11 is 6.14. The lowest BCUT2D eigenvalue weighted by atomic mass is 10.2. The Morgan fingerprint density at radius 3 is 2.83 bits per heavy atom. The SMILES string of the molecule is O=Cc1c(C2CC2)nn(-c2cccc(F)c2)c1Cl. The average molecular weight is 265 g/mol. The topological polar surface area (TPSA) is 34.9 Å². The number of hydrogen-bond acceptors (Lipinski definition) is 2. The lowest BCUT2D eigenvalue weighted by Crippen LogP contribution is -1.97. The van der Waals surface area contributed by atoms with Gasteiger partial charge in [0.1, 0.15) is 11.0 Å². The quantitative estimate of drug-likeness (QED) is 0.797. The molecule has 3 nitrogen and oxygen atoms in total. The fourth-order valence-electron chi connectivity index (χ4n) is 1.97. The van der Waals surface area contributed by atoms with Gasteiger partial charge in [-0.1, -0.05) is 17.7 Å². The average Bonchev–Trinajstić information content (AvgIpc) is 3.13. The van der Waals surface area contributed by atoms with Crippen LogP contribution in [0.3, 0.4) is 0 Å². The molecule has 0 atom stereocenters. The molecule has 3 rings (SSSR count). The van der Waals surface area contributed by atoms with Crippen LogP contribution in [0, 0.1) is 5.82 Å². The molecule has 1 aromatic heterocycles. The number of rotatable bonds is 3. The maximum Gasteiger partial charge on any atom is 0.155 e. The lowest BCUT2D eigenvalue weighted by Gasteiger charge is -2.02. The molecular formula is C13H10ClFN2O. The van der Waals surface area contributed by atoms with Gasteiger partial charge in [0.2, 0.25) is 0 Å². The van der Waals surface area contributed by atoms with Crippen LogP contribution in [0.5, 0.6) is 0 Å². The summed E-state index contributed by atoms with van der Waals surface area (Å²) < 4.78 is 14.6. The Balaban J connectivity index is 2.15. The fraction of sp³-hybridized carbons (Fsp3) is 0.231. The second-order valence-corrected chi connectivity index (χ2v) is 4.73. The van der Waals surface area contributed by atoms with Gasteiger partial charge in [-0.05, 0) is 31.0 Å². The lowest BCUT2D eigenvalue weighted by molar-refractivity contribution is 0.112. The van der Waals surface area contributed by atoms with E-state index in [1.165, 1.54) is 16.8 Å². The van der Waals surface area contributed by atoms with E-state index in [2.05, 4.69) is 5.10 Å². The van der Waals surface area contributed by atoms with E-state index < -0.39 is 0 Å². The Kier molecular flexibility index (Phi) is 2.67. The first-order valence-corrected chi connectivity index (χ1v) is 6.08. The van der Waals surface area contributed by atoms with Crippen LogP contribution < -0.4 is 0 Å². The Bertz CT molecular complexity index is 619. The van der Waals surface area contributed by atoms with Crippen molar-refractivity contribution >= 4 is 17.9 Å². The molecule has 5 heteroatoms. The van der Waals surface area contributed by atoms with Crippen molar-refractivity contribution in [1.29, 1.82) is 0 Å². The van der Waals surface area contributed by atoms with Crippen molar-refractivity contribution in [2.24, 2.45) is 0 Å². The van der Waals surface area contributed by atoms with E-state index in [-0.39, 0.29) is 11.0 Å². The largest absolute Gasteiger partial charge is 0.298 e. The molecule has 0 radical (unpaired) electrons. The van der Waals surface area contributed by atoms with Crippen LogP contribution in [0.2, 0.25) is 5.15 Å². The number of benzene rings is 1. The van der Waals surface area contributed by atoms with Crippen molar-refractivity contribution in [1.82, 2.24) is 9.78 Å². The van der Waals surface area contributed by atoms with Gasteiger partial charge in [0.05, 0.1) is 16.9 Å². The highest BCUT2D eigenvalue weighted by molar-refractivity contribution is 6.32. The zero-order valence-corrected chi connectivity index (χ0v) is 10.2. The molecule has 0 unspecified atom stereocenters. The number of halogens is 2. The van der Waals surface area contributed by atoms with Crippen molar-refractivity contribution < 1.29 is 9.18 Å². The molecule has 2 aromatic rings. The number of nitrogens with zero attached hydrogens (tertiary/aromatic N) is 2. The van der Waals surface area contributed by atoms with Gasteiger partial charge >= 0.3 is 0 Å². The summed E-state index contributed by atoms with van der Waals surface area (Å²) in [5, 5.41) is 4.59. The fourth-order valence-corrected chi connectivity index (χ4v) is 2.25. The van der Waals surface area contributed by atoms with Gasteiger partial charge in [-0.15, -0.1) is 0 Å². The third kappa shape index (κ3) is 1.82. The maximum atomic E-state index is 13.2. The van der Waals surface area contributed by atoms with Gasteiger partial charge in [-0.2, -0.15) is 5.10 Å². The standard InChI is InChI=1S/C13H10ClFN2O/c14-13-11(7-18)12(8-4-5-8)16-17(13)10-3-1-2-9(15)6-10/h1-3,6-8H,4-5H2. The number of carbonyl (C=O) groups is 1. The van der Waals surface area contributed by atoms with Gasteiger partial charge < -0.3 is 0 Å². The molecule has 1 aromatic carbocycles. The number of aldehydes is 1. The Morgan fingerprint density at radius 2 is 2.22 bits per heavy atom. The van der Waals surface area contributed by atoms with E-state index in [0.717, 1.165) is 24.8 Å². The third-order valence-electron chi connectivity index (χ3n) is 3.03. The van der Waals surface area contributed by atoms with Crippen molar-refractivity contribution in [2.75, 3.05) is 0 Å². The Morgan fingerprint density at radius 1 is 1.44 bits per heavy atom. The zero-order chi connectivity index (χ0) is 12.7. The molecular weight excluding hydrogens is 255 g/mol. The van der Waals surface area contributed by atoms with Gasteiger partial charge in [0.15, 0.2) is 6.29 Å². The van der Waals surface area contributed by atoms with E-state index in [1.807, 2.05) is 0 Å². The van der Waals surface area contributed by atoms with E-state index in [4.69, 9.17) is 11.6 Å². The molecule has 1 aliphatic carbocycles. The van der Waals surface area contributed by atoms with Gasteiger partial charge in [0.25, 0.3) is 0 Å². The summed E-state index contributed by atoms with van der Waals surface area (Å²) in [5.74, 6) is -0.0443. The monoisotopic (exact) mass is 264 g/mol. The number of hydrogen-bond donors (Lipinski definition) is 0. The summed E-state index contributed by atoms with van der Waals surface area (Å²) in [6.07, 6.45) is 2.77. The molecule has 0 N–H and O–H groups in total. The van der Waals surface area contributed by atoms with E-state index in [9.17, 15) is 9.18 Å². The van der Waals surface area contributed by atoms with Crippen LogP contribution in [-0.2, 0) is 0 Å². The summed E-state index contributed by atoms with van der Waals surface area (Å²) in [6.45, 7) is 0. The molecule has 18 heavy (non-hydrogen) atoms. The van der Waals surface area contributed by atoms with Crippen molar-refractivity contribution in [3.63, 3.8) is 0 Å². The predicted octanol–water partition coefficient (Wildman–Crippen LogP) is 3.35. The van der Waals surface area contributed by atoms with Crippen LogP contribution in [0.1, 0.15) is 34.8 Å². The summed E-state index contributed by atoms with van der Waals surface area (Å²) in [6, 6.07) is 5.97. The first-order valence-electron chi connectivity index (χ1n) is 5.70. The van der Waals surface area contributed by atoms with Gasteiger partial charge in [-0.3, -0.25) is 4.79 Å². The highest BCUT2D eigenvalue weighted by Crippen LogP contribution is 2.42. The molecule has 0 bridgehead atoms. The molecule has 0 saturated heterocycles. The molecule has 0 aliphatic heterocycles. The van der Waals surface area contributed by atoms with Crippen LogP contribution >= 0.6 is 11.6 Å². The summed E-state index contributed by atoms with van der Waals surface area (Å²) in [7, 11) is 0. The van der Waals surface area contributed by atoms with Gasteiger partial charge in [0, 0.05) is 5.92 Å². The number of carbonyl (C=O) groups excluding carboxylic acids is 1. The van der Waals surface area contributed by atoms with Gasteiger partial charge in [-0.25, -0.2) is 9.07 Å². The molecule has 0 spiro atoms. The smallest absolute Gasteiger partial charge is 0.155 e. The van der Waals surface area contributed by atoms with Crippen LogP contribution in [0.25, 0.3) is 5.69 Å². The second kappa shape index (κ2) is 4.21. The molecule has 0 amide bonds. The minimum Gasteiger partial charge on any atom is -0.298 e. The maximum absolute atomic E-state index is 13.2. The third-order valence-corrected chi connectivity index (χ3v) is 3.39. The predicted molar refractivity (Wildman–Crippen MR) is 65.9 cm³/mol. The van der Waals surface area contributed by atoms with E-state index in [1.54, 1.807) is 12.1 Å². The highest BCUT2D eigenvalue weighted by atomic mass is 35.5. The van der Waals surface area contributed by atoms with Crippen LogP contribution in [-0.4, -0.2) is 16.1 Å². The molecule has 1 heterocycles. The Hall–Kier alpha value is -1.68. The van der Waals surface area contributed by atoms with Crippen molar-refractivity contribution in [3.8, 4) is 5.69 Å². The number of aromatic nitrogens is 2. The molecule has 1 saturated carbocycles. The zero-order valence-electron chi connectivity index (χ0n) is 9.44. The first kappa shape index (κ1) is 11.4. The normalized spacial score (nSPS) is 14.8. The van der Waals surface area contributed by atoms with E-state index in [0.29, 0.717) is 17.2 Å². The Labute approximate surface area is 108 Å². The minimum absolute atomic E-state index is 0.248. The summed E-state index contributed by atoms with van der Waals surface area (Å²) in [5.41, 5.74) is 1.66. The van der Waals surface area contributed by atoms with E-state index >= 15 is 0 Å². The first-order chi connectivity index (χ1) is 8.70. The van der Waals surface area contributed by atoms with Crippen LogP contribution in [0.4, 0.5) is 4.39 Å². The van der Waals surface area contributed by atoms with Crippen molar-refractivity contribution in [2.45, 2.75) is 18.8 Å². The minimum atomic E-state index is -0.361. The summed E-state index contributed by atoms with van der Waals surface area (Å²) in [4.78, 5) is 11.1. The van der Waals surface area contributed by atoms with Crippen molar-refractivity contribution in [3.05, 3.63) is 46.5 Å². The molecule has 1 fully saturated rings. The molecule has 92 valence electrons.